The van der Waals surface area contributed by atoms with Gasteiger partial charge in [-0.1, -0.05) is 35.3 Å². The van der Waals surface area contributed by atoms with E-state index >= 15 is 0 Å². The van der Waals surface area contributed by atoms with Crippen LogP contribution < -0.4 is 10.6 Å². The molecule has 0 saturated carbocycles. The number of rotatable bonds is 5. The summed E-state index contributed by atoms with van der Waals surface area (Å²) in [6.07, 6.45) is 0. The average molecular weight is 377 g/mol. The number of hydrogen-bond acceptors (Lipinski definition) is 4. The number of aromatic nitrogens is 2. The third-order valence-electron chi connectivity index (χ3n) is 3.42. The van der Waals surface area contributed by atoms with Gasteiger partial charge in [0.05, 0.1) is 10.0 Å². The van der Waals surface area contributed by atoms with Crippen LogP contribution in [0, 0.1) is 12.7 Å². The maximum Gasteiger partial charge on any atom is 0.229 e. The summed E-state index contributed by atoms with van der Waals surface area (Å²) >= 11 is 11.9. The van der Waals surface area contributed by atoms with Gasteiger partial charge in [-0.3, -0.25) is 0 Å². The molecule has 0 fully saturated rings. The quantitative estimate of drug-likeness (QED) is 0.609. The fourth-order valence-corrected chi connectivity index (χ4v) is 2.51. The van der Waals surface area contributed by atoms with Gasteiger partial charge in [-0.05, 0) is 42.8 Å². The number of nitrogens with zero attached hydrogens (tertiary/aromatic N) is 2. The number of aryl methyl sites for hydroxylation is 1. The van der Waals surface area contributed by atoms with Crippen molar-refractivity contribution in [3.8, 4) is 0 Å². The SMILES string of the molecule is Cc1cc(NCc2ccc(F)cc2)nc(Nc2ccc(Cl)c(Cl)c2)n1. The molecule has 4 nitrogen and oxygen atoms in total. The lowest BCUT2D eigenvalue weighted by Gasteiger charge is -2.10. The molecule has 0 aliphatic heterocycles. The van der Waals surface area contributed by atoms with Crippen molar-refractivity contribution in [2.75, 3.05) is 10.6 Å². The number of nitrogens with one attached hydrogen (secondary N) is 2. The second-order valence-corrected chi connectivity index (χ2v) is 6.27. The lowest BCUT2D eigenvalue weighted by Crippen LogP contribution is -2.05. The summed E-state index contributed by atoms with van der Waals surface area (Å²) in [7, 11) is 0. The van der Waals surface area contributed by atoms with Crippen LogP contribution in [-0.2, 0) is 6.54 Å². The predicted molar refractivity (Wildman–Crippen MR) is 100 cm³/mol. The molecule has 0 saturated heterocycles. The molecular weight excluding hydrogens is 362 g/mol. The molecule has 3 aromatic rings. The van der Waals surface area contributed by atoms with Crippen LogP contribution in [0.1, 0.15) is 11.3 Å². The maximum absolute atomic E-state index is 12.9. The summed E-state index contributed by atoms with van der Waals surface area (Å²) in [5, 5.41) is 7.25. The highest BCUT2D eigenvalue weighted by molar-refractivity contribution is 6.42. The van der Waals surface area contributed by atoms with E-state index in [0.29, 0.717) is 28.4 Å². The van der Waals surface area contributed by atoms with Gasteiger partial charge in [0.1, 0.15) is 11.6 Å². The van der Waals surface area contributed by atoms with Gasteiger partial charge >= 0.3 is 0 Å². The van der Waals surface area contributed by atoms with E-state index < -0.39 is 0 Å². The molecule has 2 aromatic carbocycles. The Morgan fingerprint density at radius 2 is 1.72 bits per heavy atom. The first-order chi connectivity index (χ1) is 12.0. The molecule has 128 valence electrons. The first-order valence-electron chi connectivity index (χ1n) is 7.56. The monoisotopic (exact) mass is 376 g/mol. The van der Waals surface area contributed by atoms with Gasteiger partial charge < -0.3 is 10.6 Å². The summed E-state index contributed by atoms with van der Waals surface area (Å²) in [4.78, 5) is 8.79. The van der Waals surface area contributed by atoms with E-state index in [9.17, 15) is 4.39 Å². The second-order valence-electron chi connectivity index (χ2n) is 5.45. The molecule has 1 aromatic heterocycles. The van der Waals surface area contributed by atoms with E-state index in [1.165, 1.54) is 12.1 Å². The predicted octanol–water partition coefficient (Wildman–Crippen LogP) is 5.59. The minimum absolute atomic E-state index is 0.255. The van der Waals surface area contributed by atoms with E-state index in [1.807, 2.05) is 13.0 Å². The molecular formula is C18H15Cl2FN4. The van der Waals surface area contributed by atoms with Crippen molar-refractivity contribution in [3.63, 3.8) is 0 Å². The molecule has 0 aliphatic rings. The Kier molecular flexibility index (Phi) is 5.36. The van der Waals surface area contributed by atoms with Crippen molar-refractivity contribution in [3.05, 3.63) is 75.7 Å². The van der Waals surface area contributed by atoms with E-state index in [2.05, 4.69) is 20.6 Å². The lowest BCUT2D eigenvalue weighted by molar-refractivity contribution is 0.627. The van der Waals surface area contributed by atoms with Crippen LogP contribution in [-0.4, -0.2) is 9.97 Å². The fourth-order valence-electron chi connectivity index (χ4n) is 2.21. The Bertz CT molecular complexity index is 885. The molecule has 25 heavy (non-hydrogen) atoms. The van der Waals surface area contributed by atoms with E-state index in [-0.39, 0.29) is 5.82 Å². The maximum atomic E-state index is 12.9. The molecule has 0 spiro atoms. The van der Waals surface area contributed by atoms with Gasteiger partial charge in [0.15, 0.2) is 0 Å². The summed E-state index contributed by atoms with van der Waals surface area (Å²) in [5.74, 6) is 0.856. The Morgan fingerprint density at radius 1 is 0.960 bits per heavy atom. The van der Waals surface area contributed by atoms with Crippen LogP contribution in [0.25, 0.3) is 0 Å². The highest BCUT2D eigenvalue weighted by Crippen LogP contribution is 2.26. The van der Waals surface area contributed by atoms with Crippen molar-refractivity contribution < 1.29 is 4.39 Å². The van der Waals surface area contributed by atoms with Crippen molar-refractivity contribution in [1.82, 2.24) is 9.97 Å². The molecule has 0 bridgehead atoms. The summed E-state index contributed by atoms with van der Waals surface area (Å²) < 4.78 is 12.9. The van der Waals surface area contributed by atoms with E-state index in [0.717, 1.165) is 16.9 Å². The van der Waals surface area contributed by atoms with Gasteiger partial charge in [-0.25, -0.2) is 9.37 Å². The molecule has 1 heterocycles. The van der Waals surface area contributed by atoms with Crippen molar-refractivity contribution >= 4 is 40.7 Å². The smallest absolute Gasteiger partial charge is 0.229 e. The highest BCUT2D eigenvalue weighted by Gasteiger charge is 2.05. The van der Waals surface area contributed by atoms with Gasteiger partial charge in [0.2, 0.25) is 5.95 Å². The molecule has 2 N–H and O–H groups in total. The third kappa shape index (κ3) is 4.81. The topological polar surface area (TPSA) is 49.8 Å². The van der Waals surface area contributed by atoms with Gasteiger partial charge in [-0.2, -0.15) is 4.98 Å². The fraction of sp³-hybridized carbons (Fsp3) is 0.111. The lowest BCUT2D eigenvalue weighted by atomic mass is 10.2. The molecule has 3 rings (SSSR count). The normalized spacial score (nSPS) is 10.6. The number of halogens is 3. The van der Waals surface area contributed by atoms with Gasteiger partial charge in [0.25, 0.3) is 0 Å². The largest absolute Gasteiger partial charge is 0.366 e. The minimum atomic E-state index is -0.255. The van der Waals surface area contributed by atoms with Crippen LogP contribution in [0.4, 0.5) is 21.8 Å². The Morgan fingerprint density at radius 3 is 2.44 bits per heavy atom. The van der Waals surface area contributed by atoms with Gasteiger partial charge in [-0.15, -0.1) is 0 Å². The average Bonchev–Trinajstić information content (AvgIpc) is 2.57. The molecule has 0 unspecified atom stereocenters. The Labute approximate surface area is 155 Å². The number of hydrogen-bond donors (Lipinski definition) is 2. The van der Waals surface area contributed by atoms with Crippen LogP contribution >= 0.6 is 23.2 Å². The standard InChI is InChI=1S/C18H15Cl2FN4/c1-11-8-17(22-10-12-2-4-13(21)5-3-12)25-18(23-11)24-14-6-7-15(19)16(20)9-14/h2-9H,10H2,1H3,(H2,22,23,24,25). The first-order valence-corrected chi connectivity index (χ1v) is 8.31. The Hall–Kier alpha value is -2.37. The molecule has 0 atom stereocenters. The minimum Gasteiger partial charge on any atom is -0.366 e. The van der Waals surface area contributed by atoms with Gasteiger partial charge in [0, 0.05) is 24.0 Å². The summed E-state index contributed by atoms with van der Waals surface area (Å²) in [6.45, 7) is 2.41. The Balaban J connectivity index is 1.73. The molecule has 0 amide bonds. The summed E-state index contributed by atoms with van der Waals surface area (Å²) in [5.41, 5.74) is 2.50. The van der Waals surface area contributed by atoms with Crippen LogP contribution in [0.2, 0.25) is 10.0 Å². The van der Waals surface area contributed by atoms with Crippen molar-refractivity contribution in [2.24, 2.45) is 0 Å². The third-order valence-corrected chi connectivity index (χ3v) is 4.16. The van der Waals surface area contributed by atoms with E-state index in [4.69, 9.17) is 23.2 Å². The van der Waals surface area contributed by atoms with Crippen molar-refractivity contribution in [1.29, 1.82) is 0 Å². The second kappa shape index (κ2) is 7.68. The molecule has 0 aliphatic carbocycles. The van der Waals surface area contributed by atoms with Crippen molar-refractivity contribution in [2.45, 2.75) is 13.5 Å². The zero-order chi connectivity index (χ0) is 17.8. The summed E-state index contributed by atoms with van der Waals surface area (Å²) in [6, 6.07) is 13.4. The number of benzene rings is 2. The van der Waals surface area contributed by atoms with Crippen LogP contribution in [0.3, 0.4) is 0 Å². The molecule has 7 heteroatoms. The molecule has 0 radical (unpaired) electrons. The van der Waals surface area contributed by atoms with E-state index in [1.54, 1.807) is 30.3 Å². The van der Waals surface area contributed by atoms with Crippen LogP contribution in [0.15, 0.2) is 48.5 Å². The first kappa shape index (κ1) is 17.5. The highest BCUT2D eigenvalue weighted by atomic mass is 35.5. The van der Waals surface area contributed by atoms with Crippen LogP contribution in [0.5, 0.6) is 0 Å². The zero-order valence-electron chi connectivity index (χ0n) is 13.4. The zero-order valence-corrected chi connectivity index (χ0v) is 14.9. The number of anilines is 3.